The minimum Gasteiger partial charge on any atom is -0.308 e. The van der Waals surface area contributed by atoms with Gasteiger partial charge in [-0.15, -0.1) is 0 Å². The van der Waals surface area contributed by atoms with Crippen LogP contribution in [0.4, 0.5) is 0 Å². The molecule has 1 atom stereocenters. The second-order valence-corrected chi connectivity index (χ2v) is 6.02. The fraction of sp³-hybridized carbons (Fsp3) is 1.00. The highest BCUT2D eigenvalue weighted by molar-refractivity contribution is 7.98. The van der Waals surface area contributed by atoms with E-state index in [1.54, 1.807) is 0 Å². The molecule has 1 N–H and O–H groups in total. The normalized spacial score (nSPS) is 25.9. The predicted octanol–water partition coefficient (Wildman–Crippen LogP) is 2.59. The van der Waals surface area contributed by atoms with Crippen LogP contribution in [-0.2, 0) is 0 Å². The molecule has 1 rings (SSSR count). The highest BCUT2D eigenvalue weighted by atomic mass is 32.2. The van der Waals surface area contributed by atoms with Crippen LogP contribution in [0.25, 0.3) is 0 Å². The van der Waals surface area contributed by atoms with E-state index in [0.29, 0.717) is 11.6 Å². The third-order valence-electron chi connectivity index (χ3n) is 4.05. The number of nitrogens with one attached hydrogen (secondary N) is 1. The van der Waals surface area contributed by atoms with Crippen LogP contribution in [0.5, 0.6) is 0 Å². The Hall–Kier alpha value is 0.270. The molecule has 1 aliphatic heterocycles. The number of rotatable bonds is 6. The van der Waals surface area contributed by atoms with Gasteiger partial charge in [0.2, 0.25) is 0 Å². The summed E-state index contributed by atoms with van der Waals surface area (Å²) in [4.78, 5) is 2.68. The van der Waals surface area contributed by atoms with Crippen molar-refractivity contribution in [3.8, 4) is 0 Å². The molecule has 0 amide bonds. The molecule has 0 aromatic heterocycles. The summed E-state index contributed by atoms with van der Waals surface area (Å²) in [6.45, 7) is 10.6. The topological polar surface area (TPSA) is 15.3 Å². The van der Waals surface area contributed by atoms with Crippen molar-refractivity contribution < 1.29 is 0 Å². The fourth-order valence-corrected chi connectivity index (χ4v) is 2.95. The Morgan fingerprint density at radius 3 is 2.62 bits per heavy atom. The minimum absolute atomic E-state index is 0.381. The molecule has 1 unspecified atom stereocenters. The van der Waals surface area contributed by atoms with Gasteiger partial charge in [-0.1, -0.05) is 13.8 Å². The zero-order valence-corrected chi connectivity index (χ0v) is 12.2. The van der Waals surface area contributed by atoms with E-state index in [0.717, 1.165) is 6.54 Å². The van der Waals surface area contributed by atoms with Crippen LogP contribution in [0.1, 0.15) is 40.0 Å². The van der Waals surface area contributed by atoms with Crippen molar-refractivity contribution in [2.45, 2.75) is 51.6 Å². The number of piperazine rings is 1. The molecule has 0 saturated carbocycles. The van der Waals surface area contributed by atoms with Crippen LogP contribution in [-0.4, -0.2) is 48.1 Å². The van der Waals surface area contributed by atoms with Gasteiger partial charge in [0, 0.05) is 24.7 Å². The second-order valence-electron chi connectivity index (χ2n) is 5.03. The first kappa shape index (κ1) is 14.3. The van der Waals surface area contributed by atoms with Crippen molar-refractivity contribution in [1.82, 2.24) is 10.2 Å². The third kappa shape index (κ3) is 3.64. The number of thioether (sulfide) groups is 1. The molecule has 2 nitrogen and oxygen atoms in total. The molecule has 0 aromatic rings. The van der Waals surface area contributed by atoms with Gasteiger partial charge in [-0.3, -0.25) is 4.90 Å². The summed E-state index contributed by atoms with van der Waals surface area (Å²) >= 11 is 1.96. The number of hydrogen-bond acceptors (Lipinski definition) is 3. The van der Waals surface area contributed by atoms with Gasteiger partial charge in [-0.2, -0.15) is 11.8 Å². The lowest BCUT2D eigenvalue weighted by Gasteiger charge is -2.46. The molecule has 3 heteroatoms. The molecule has 0 aliphatic carbocycles. The lowest BCUT2D eigenvalue weighted by Crippen LogP contribution is -2.63. The summed E-state index contributed by atoms with van der Waals surface area (Å²) in [5, 5.41) is 3.76. The smallest absolute Gasteiger partial charge is 0.0304 e. The third-order valence-corrected chi connectivity index (χ3v) is 4.75. The molecule has 0 radical (unpaired) electrons. The number of nitrogens with zero attached hydrogens (tertiary/aromatic N) is 1. The molecule has 0 bridgehead atoms. The van der Waals surface area contributed by atoms with Crippen LogP contribution in [0.15, 0.2) is 0 Å². The Kier molecular flexibility index (Phi) is 6.16. The van der Waals surface area contributed by atoms with Gasteiger partial charge in [0.25, 0.3) is 0 Å². The maximum absolute atomic E-state index is 3.76. The zero-order valence-electron chi connectivity index (χ0n) is 11.4. The molecule has 96 valence electrons. The van der Waals surface area contributed by atoms with Crippen LogP contribution >= 0.6 is 11.8 Å². The maximum Gasteiger partial charge on any atom is 0.0304 e. The Morgan fingerprint density at radius 2 is 2.06 bits per heavy atom. The van der Waals surface area contributed by atoms with Gasteiger partial charge in [0.15, 0.2) is 0 Å². The highest BCUT2D eigenvalue weighted by Crippen LogP contribution is 2.22. The van der Waals surface area contributed by atoms with Gasteiger partial charge in [-0.25, -0.2) is 0 Å². The molecule has 1 saturated heterocycles. The molecule has 16 heavy (non-hydrogen) atoms. The van der Waals surface area contributed by atoms with E-state index in [2.05, 4.69) is 37.2 Å². The van der Waals surface area contributed by atoms with Crippen LogP contribution < -0.4 is 5.32 Å². The Balaban J connectivity index is 2.47. The van der Waals surface area contributed by atoms with Gasteiger partial charge in [0.1, 0.15) is 0 Å². The molecule has 1 heterocycles. The zero-order chi connectivity index (χ0) is 12.0. The number of hydrogen-bond donors (Lipinski definition) is 1. The van der Waals surface area contributed by atoms with E-state index in [1.165, 1.54) is 38.1 Å². The average Bonchev–Trinajstić information content (AvgIpc) is 2.32. The molecule has 0 spiro atoms. The van der Waals surface area contributed by atoms with Crippen molar-refractivity contribution in [1.29, 1.82) is 0 Å². The van der Waals surface area contributed by atoms with E-state index >= 15 is 0 Å². The highest BCUT2D eigenvalue weighted by Gasteiger charge is 2.34. The average molecular weight is 244 g/mol. The predicted molar refractivity (Wildman–Crippen MR) is 75.3 cm³/mol. The van der Waals surface area contributed by atoms with Crippen LogP contribution in [0.3, 0.4) is 0 Å². The summed E-state index contributed by atoms with van der Waals surface area (Å²) in [6.07, 6.45) is 6.02. The van der Waals surface area contributed by atoms with E-state index < -0.39 is 0 Å². The first-order valence-corrected chi connectivity index (χ1v) is 8.05. The summed E-state index contributed by atoms with van der Waals surface area (Å²) in [6, 6.07) is 0.702. The molecule has 1 fully saturated rings. The summed E-state index contributed by atoms with van der Waals surface area (Å²) < 4.78 is 0. The molecular weight excluding hydrogens is 216 g/mol. The van der Waals surface area contributed by atoms with Crippen LogP contribution in [0, 0.1) is 0 Å². The molecule has 0 aromatic carbocycles. The fourth-order valence-electron chi connectivity index (χ4n) is 2.53. The van der Waals surface area contributed by atoms with E-state index in [-0.39, 0.29) is 0 Å². The summed E-state index contributed by atoms with van der Waals surface area (Å²) in [7, 11) is 0. The second kappa shape index (κ2) is 6.87. The van der Waals surface area contributed by atoms with Crippen molar-refractivity contribution in [2.24, 2.45) is 0 Å². The maximum atomic E-state index is 3.76. The van der Waals surface area contributed by atoms with Crippen molar-refractivity contribution in [3.05, 3.63) is 0 Å². The monoisotopic (exact) mass is 244 g/mol. The SMILES string of the molecule is CCC1(CC)CN(CCCSC)C(C)CN1. The quantitative estimate of drug-likeness (QED) is 0.723. The van der Waals surface area contributed by atoms with Gasteiger partial charge >= 0.3 is 0 Å². The molecule has 1 aliphatic rings. The van der Waals surface area contributed by atoms with Gasteiger partial charge in [0.05, 0.1) is 0 Å². The van der Waals surface area contributed by atoms with Crippen LogP contribution in [0.2, 0.25) is 0 Å². The first-order chi connectivity index (χ1) is 7.67. The standard InChI is InChI=1S/C13H28N2S/c1-5-13(6-2)11-15(8-7-9-16-4)12(3)10-14-13/h12,14H,5-11H2,1-4H3. The summed E-state index contributed by atoms with van der Waals surface area (Å²) in [5.41, 5.74) is 0.381. The lowest BCUT2D eigenvalue weighted by atomic mass is 9.88. The Labute approximate surface area is 106 Å². The Bertz CT molecular complexity index is 192. The van der Waals surface area contributed by atoms with Crippen molar-refractivity contribution >= 4 is 11.8 Å². The van der Waals surface area contributed by atoms with E-state index in [4.69, 9.17) is 0 Å². The first-order valence-electron chi connectivity index (χ1n) is 6.65. The lowest BCUT2D eigenvalue weighted by molar-refractivity contribution is 0.0813. The van der Waals surface area contributed by atoms with E-state index in [9.17, 15) is 0 Å². The van der Waals surface area contributed by atoms with E-state index in [1.807, 2.05) is 11.8 Å². The van der Waals surface area contributed by atoms with Crippen molar-refractivity contribution in [2.75, 3.05) is 31.6 Å². The van der Waals surface area contributed by atoms with Gasteiger partial charge in [-0.05, 0) is 44.7 Å². The van der Waals surface area contributed by atoms with Gasteiger partial charge < -0.3 is 5.32 Å². The summed E-state index contributed by atoms with van der Waals surface area (Å²) in [5.74, 6) is 1.29. The Morgan fingerprint density at radius 1 is 1.38 bits per heavy atom. The molecular formula is C13H28N2S. The minimum atomic E-state index is 0.381. The largest absolute Gasteiger partial charge is 0.308 e. The van der Waals surface area contributed by atoms with Crippen molar-refractivity contribution in [3.63, 3.8) is 0 Å².